The fraction of sp³-hybridized carbons (Fsp3) is 0.435. The van der Waals surface area contributed by atoms with Gasteiger partial charge in [-0.3, -0.25) is 4.79 Å². The van der Waals surface area contributed by atoms with Crippen molar-refractivity contribution in [1.82, 2.24) is 10.2 Å². The molecule has 2 aromatic rings. The van der Waals surface area contributed by atoms with Crippen LogP contribution >= 0.6 is 11.6 Å². The molecule has 0 bridgehead atoms. The van der Waals surface area contributed by atoms with Gasteiger partial charge in [-0.2, -0.15) is 0 Å². The highest BCUT2D eigenvalue weighted by atomic mass is 35.5. The minimum absolute atomic E-state index is 0.00314. The number of benzene rings is 2. The Balaban J connectivity index is 1.31. The van der Waals surface area contributed by atoms with Crippen LogP contribution in [0.15, 0.2) is 36.4 Å². The first-order valence-corrected chi connectivity index (χ1v) is 10.8. The van der Waals surface area contributed by atoms with E-state index in [0.29, 0.717) is 18.7 Å². The van der Waals surface area contributed by atoms with Crippen LogP contribution < -0.4 is 10.1 Å². The molecule has 8 heteroatoms. The zero-order valence-corrected chi connectivity index (χ0v) is 18.2. The SMILES string of the molecule is CNC(=O)c1ccc(O)cc1OC[C@@H](O)CN1CCC2(CC1)OCc1cc(Cl)ccc12. The number of aromatic hydroxyl groups is 1. The number of ether oxygens (including phenoxy) is 2. The van der Waals surface area contributed by atoms with Crippen LogP contribution in [0, 0.1) is 0 Å². The Labute approximate surface area is 186 Å². The number of nitrogens with zero attached hydrogens (tertiary/aromatic N) is 1. The molecule has 1 fully saturated rings. The van der Waals surface area contributed by atoms with E-state index in [1.165, 1.54) is 30.8 Å². The third-order valence-corrected chi connectivity index (χ3v) is 6.30. The minimum atomic E-state index is -0.732. The number of fused-ring (bicyclic) bond motifs is 2. The molecule has 166 valence electrons. The van der Waals surface area contributed by atoms with Crippen LogP contribution in [0.25, 0.3) is 0 Å². The monoisotopic (exact) mass is 446 g/mol. The summed E-state index contributed by atoms with van der Waals surface area (Å²) in [7, 11) is 1.53. The predicted octanol–water partition coefficient (Wildman–Crippen LogP) is 2.67. The van der Waals surface area contributed by atoms with E-state index in [1.54, 1.807) is 0 Å². The number of aliphatic hydroxyl groups excluding tert-OH is 1. The van der Waals surface area contributed by atoms with E-state index in [-0.39, 0.29) is 29.6 Å². The van der Waals surface area contributed by atoms with E-state index in [9.17, 15) is 15.0 Å². The van der Waals surface area contributed by atoms with Crippen LogP contribution in [0.3, 0.4) is 0 Å². The summed E-state index contributed by atoms with van der Waals surface area (Å²) in [6.07, 6.45) is 0.968. The number of β-amino-alcohol motifs (C(OH)–C–C–N with tert-alkyl or cyclic N) is 1. The van der Waals surface area contributed by atoms with Crippen LogP contribution in [0.2, 0.25) is 5.02 Å². The molecule has 0 radical (unpaired) electrons. The second-order valence-corrected chi connectivity index (χ2v) is 8.55. The molecule has 0 aliphatic carbocycles. The number of amides is 1. The molecule has 3 N–H and O–H groups in total. The van der Waals surface area contributed by atoms with Gasteiger partial charge < -0.3 is 29.9 Å². The maximum atomic E-state index is 12.0. The molecule has 1 saturated heterocycles. The van der Waals surface area contributed by atoms with Crippen molar-refractivity contribution in [3.05, 3.63) is 58.1 Å². The van der Waals surface area contributed by atoms with Gasteiger partial charge in [0.05, 0.1) is 17.8 Å². The molecule has 2 aromatic carbocycles. The molecule has 7 nitrogen and oxygen atoms in total. The average molecular weight is 447 g/mol. The summed E-state index contributed by atoms with van der Waals surface area (Å²) >= 11 is 6.11. The van der Waals surface area contributed by atoms with Gasteiger partial charge >= 0.3 is 0 Å². The first-order chi connectivity index (χ1) is 14.9. The fourth-order valence-electron chi connectivity index (χ4n) is 4.42. The lowest BCUT2D eigenvalue weighted by Crippen LogP contribution is -2.46. The maximum Gasteiger partial charge on any atom is 0.254 e. The summed E-state index contributed by atoms with van der Waals surface area (Å²) in [5.41, 5.74) is 2.44. The van der Waals surface area contributed by atoms with Gasteiger partial charge in [0.25, 0.3) is 5.91 Å². The van der Waals surface area contributed by atoms with E-state index >= 15 is 0 Å². The number of halogens is 1. The van der Waals surface area contributed by atoms with Crippen molar-refractivity contribution in [3.8, 4) is 11.5 Å². The number of hydrogen-bond acceptors (Lipinski definition) is 6. The summed E-state index contributed by atoms with van der Waals surface area (Å²) < 4.78 is 11.8. The van der Waals surface area contributed by atoms with Crippen LogP contribution in [0.1, 0.15) is 34.3 Å². The van der Waals surface area contributed by atoms with Crippen molar-refractivity contribution in [2.24, 2.45) is 0 Å². The Morgan fingerprint density at radius 1 is 1.29 bits per heavy atom. The molecule has 2 heterocycles. The smallest absolute Gasteiger partial charge is 0.254 e. The van der Waals surface area contributed by atoms with Crippen molar-refractivity contribution < 1.29 is 24.5 Å². The number of phenolic OH excluding ortho intramolecular Hbond substituents is 1. The van der Waals surface area contributed by atoms with Gasteiger partial charge in [-0.05, 0) is 48.2 Å². The summed E-state index contributed by atoms with van der Waals surface area (Å²) in [5, 5.41) is 23.5. The van der Waals surface area contributed by atoms with Crippen LogP contribution in [0.5, 0.6) is 11.5 Å². The number of likely N-dealkylation sites (tertiary alicyclic amines) is 1. The standard InChI is InChI=1S/C23H27ClN2O5/c1-25-22(29)19-4-3-17(27)11-21(19)30-14-18(28)12-26-8-6-23(7-9-26)20-5-2-16(24)10-15(20)13-31-23/h2-5,10-11,18,27-28H,6-9,12-14H2,1H3,(H,25,29)/t18-/m0/s1. The van der Waals surface area contributed by atoms with E-state index in [4.69, 9.17) is 21.1 Å². The Hall–Kier alpha value is -2.32. The number of phenols is 1. The summed E-state index contributed by atoms with van der Waals surface area (Å²) in [6, 6.07) is 10.3. The van der Waals surface area contributed by atoms with Gasteiger partial charge in [-0.25, -0.2) is 0 Å². The van der Waals surface area contributed by atoms with Crippen molar-refractivity contribution in [2.45, 2.75) is 31.2 Å². The third kappa shape index (κ3) is 4.65. The Bertz CT molecular complexity index is 959. The van der Waals surface area contributed by atoms with Gasteiger partial charge in [0.15, 0.2) is 0 Å². The first kappa shape index (κ1) is 21.9. The third-order valence-electron chi connectivity index (χ3n) is 6.06. The average Bonchev–Trinajstić information content (AvgIpc) is 3.10. The van der Waals surface area contributed by atoms with Gasteiger partial charge in [-0.15, -0.1) is 0 Å². The zero-order chi connectivity index (χ0) is 22.0. The molecule has 31 heavy (non-hydrogen) atoms. The molecule has 2 aliphatic rings. The Morgan fingerprint density at radius 3 is 2.81 bits per heavy atom. The molecule has 1 atom stereocenters. The lowest BCUT2D eigenvalue weighted by atomic mass is 9.84. The quantitative estimate of drug-likeness (QED) is 0.632. The minimum Gasteiger partial charge on any atom is -0.508 e. The summed E-state index contributed by atoms with van der Waals surface area (Å²) in [5.74, 6) is -0.0776. The second-order valence-electron chi connectivity index (χ2n) is 8.11. The van der Waals surface area contributed by atoms with E-state index < -0.39 is 6.10 Å². The molecule has 0 unspecified atom stereocenters. The van der Waals surface area contributed by atoms with Gasteiger partial charge in [0.1, 0.15) is 24.2 Å². The number of aliphatic hydroxyl groups is 1. The largest absolute Gasteiger partial charge is 0.508 e. The Kier molecular flexibility index (Phi) is 6.39. The van der Waals surface area contributed by atoms with Crippen molar-refractivity contribution >= 4 is 17.5 Å². The normalized spacial score (nSPS) is 18.5. The van der Waals surface area contributed by atoms with Gasteiger partial charge in [0, 0.05) is 37.8 Å². The lowest BCUT2D eigenvalue weighted by molar-refractivity contribution is -0.0835. The number of nitrogens with one attached hydrogen (secondary N) is 1. The van der Waals surface area contributed by atoms with Crippen LogP contribution in [0.4, 0.5) is 0 Å². The number of rotatable bonds is 6. The molecule has 4 rings (SSSR count). The molecule has 0 aromatic heterocycles. The number of hydrogen-bond donors (Lipinski definition) is 3. The highest BCUT2D eigenvalue weighted by Gasteiger charge is 2.42. The molecule has 0 saturated carbocycles. The molecule has 2 aliphatic heterocycles. The highest BCUT2D eigenvalue weighted by Crippen LogP contribution is 2.44. The first-order valence-electron chi connectivity index (χ1n) is 10.4. The molecule has 1 spiro atoms. The van der Waals surface area contributed by atoms with Crippen molar-refractivity contribution in [1.29, 1.82) is 0 Å². The summed E-state index contributed by atoms with van der Waals surface area (Å²) in [6.45, 7) is 2.66. The molecular formula is C23H27ClN2O5. The van der Waals surface area contributed by atoms with E-state index in [1.807, 2.05) is 12.1 Å². The maximum absolute atomic E-state index is 12.0. The van der Waals surface area contributed by atoms with E-state index in [2.05, 4.69) is 16.3 Å². The van der Waals surface area contributed by atoms with Crippen LogP contribution in [-0.2, 0) is 16.9 Å². The van der Waals surface area contributed by atoms with Crippen molar-refractivity contribution in [3.63, 3.8) is 0 Å². The number of piperidine rings is 1. The highest BCUT2D eigenvalue weighted by molar-refractivity contribution is 6.30. The second kappa shape index (κ2) is 9.04. The number of carbonyl (C=O) groups is 1. The fourth-order valence-corrected chi connectivity index (χ4v) is 4.61. The van der Waals surface area contributed by atoms with Crippen LogP contribution in [-0.4, -0.2) is 60.4 Å². The lowest BCUT2D eigenvalue weighted by Gasteiger charge is -2.39. The Morgan fingerprint density at radius 2 is 2.06 bits per heavy atom. The topological polar surface area (TPSA) is 91.3 Å². The number of carbonyl (C=O) groups excluding carboxylic acids is 1. The van der Waals surface area contributed by atoms with Crippen molar-refractivity contribution in [2.75, 3.05) is 33.3 Å². The van der Waals surface area contributed by atoms with Gasteiger partial charge in [0.2, 0.25) is 0 Å². The predicted molar refractivity (Wildman–Crippen MR) is 117 cm³/mol. The van der Waals surface area contributed by atoms with E-state index in [0.717, 1.165) is 36.5 Å². The zero-order valence-electron chi connectivity index (χ0n) is 17.4. The molecular weight excluding hydrogens is 420 g/mol. The summed E-state index contributed by atoms with van der Waals surface area (Å²) in [4.78, 5) is 14.2. The molecule has 1 amide bonds. The van der Waals surface area contributed by atoms with Gasteiger partial charge in [-0.1, -0.05) is 17.7 Å².